The van der Waals surface area contributed by atoms with Gasteiger partial charge in [-0.15, -0.1) is 0 Å². The predicted octanol–water partition coefficient (Wildman–Crippen LogP) is 1.98. The Bertz CT molecular complexity index is 372. The first-order valence-corrected chi connectivity index (χ1v) is 4.58. The predicted molar refractivity (Wildman–Crippen MR) is 54.1 cm³/mol. The van der Waals surface area contributed by atoms with Crippen molar-refractivity contribution in [2.24, 2.45) is 0 Å². The molecule has 0 aromatic heterocycles. The van der Waals surface area contributed by atoms with Gasteiger partial charge < -0.3 is 10.2 Å². The van der Waals surface area contributed by atoms with Crippen LogP contribution in [0.2, 0.25) is 5.02 Å². The first-order valence-electron chi connectivity index (χ1n) is 4.20. The zero-order valence-corrected chi connectivity index (χ0v) is 8.44. The number of carboxylic acids is 2. The maximum absolute atomic E-state index is 10.8. The van der Waals surface area contributed by atoms with Crippen molar-refractivity contribution in [1.82, 2.24) is 0 Å². The SMILES string of the molecule is O=C(O)C[C@@H](C(=O)O)c1ccc(Cl)cc1. The first-order chi connectivity index (χ1) is 7.00. The molecule has 0 radical (unpaired) electrons. The summed E-state index contributed by atoms with van der Waals surface area (Å²) in [6.07, 6.45) is -0.434. The standard InChI is InChI=1S/C10H9ClO4/c11-7-3-1-6(2-4-7)8(10(14)15)5-9(12)13/h1-4,8H,5H2,(H,12,13)(H,14,15)/t8-/m1/s1. The number of carbonyl (C=O) groups is 2. The van der Waals surface area contributed by atoms with E-state index in [2.05, 4.69) is 0 Å². The van der Waals surface area contributed by atoms with Crippen LogP contribution in [0.4, 0.5) is 0 Å². The quantitative estimate of drug-likeness (QED) is 0.826. The van der Waals surface area contributed by atoms with Crippen molar-refractivity contribution in [3.8, 4) is 0 Å². The lowest BCUT2D eigenvalue weighted by molar-refractivity contribution is -0.145. The van der Waals surface area contributed by atoms with Crippen molar-refractivity contribution in [3.63, 3.8) is 0 Å². The third-order valence-electron chi connectivity index (χ3n) is 1.95. The molecule has 5 heteroatoms. The fourth-order valence-corrected chi connectivity index (χ4v) is 1.34. The van der Waals surface area contributed by atoms with E-state index in [1.807, 2.05) is 0 Å². The van der Waals surface area contributed by atoms with E-state index in [0.717, 1.165) is 0 Å². The van der Waals surface area contributed by atoms with Gasteiger partial charge in [0.25, 0.3) is 0 Å². The largest absolute Gasteiger partial charge is 0.481 e. The Morgan fingerprint density at radius 3 is 2.13 bits per heavy atom. The average molecular weight is 229 g/mol. The van der Waals surface area contributed by atoms with E-state index in [9.17, 15) is 9.59 Å². The molecule has 4 nitrogen and oxygen atoms in total. The van der Waals surface area contributed by atoms with Gasteiger partial charge in [-0.2, -0.15) is 0 Å². The minimum absolute atomic E-state index is 0.434. The topological polar surface area (TPSA) is 74.6 Å². The minimum atomic E-state index is -1.15. The Morgan fingerprint density at radius 2 is 1.73 bits per heavy atom. The number of rotatable bonds is 4. The van der Waals surface area contributed by atoms with Gasteiger partial charge >= 0.3 is 11.9 Å². The molecule has 15 heavy (non-hydrogen) atoms. The van der Waals surface area contributed by atoms with E-state index in [1.54, 1.807) is 0 Å². The zero-order valence-electron chi connectivity index (χ0n) is 7.68. The third kappa shape index (κ3) is 3.25. The van der Waals surface area contributed by atoms with Gasteiger partial charge in [-0.3, -0.25) is 9.59 Å². The maximum Gasteiger partial charge on any atom is 0.311 e. The highest BCUT2D eigenvalue weighted by atomic mass is 35.5. The number of halogens is 1. The van der Waals surface area contributed by atoms with Crippen molar-refractivity contribution >= 4 is 23.5 Å². The summed E-state index contributed by atoms with van der Waals surface area (Å²) in [6, 6.07) is 6.11. The highest BCUT2D eigenvalue weighted by Gasteiger charge is 2.22. The number of aliphatic carboxylic acids is 2. The van der Waals surface area contributed by atoms with Crippen LogP contribution in [0.5, 0.6) is 0 Å². The van der Waals surface area contributed by atoms with Crippen LogP contribution in [0.1, 0.15) is 17.9 Å². The van der Waals surface area contributed by atoms with Crippen LogP contribution in [0.25, 0.3) is 0 Å². The number of carboxylic acid groups (broad SMARTS) is 2. The van der Waals surface area contributed by atoms with E-state index in [4.69, 9.17) is 21.8 Å². The van der Waals surface area contributed by atoms with Crippen LogP contribution in [0, 0.1) is 0 Å². The van der Waals surface area contributed by atoms with Crippen molar-refractivity contribution in [3.05, 3.63) is 34.9 Å². The van der Waals surface area contributed by atoms with Gasteiger partial charge in [0.15, 0.2) is 0 Å². The Balaban J connectivity index is 2.94. The van der Waals surface area contributed by atoms with Crippen LogP contribution >= 0.6 is 11.6 Å². The van der Waals surface area contributed by atoms with Crippen molar-refractivity contribution < 1.29 is 19.8 Å². The summed E-state index contributed by atoms with van der Waals surface area (Å²) in [5, 5.41) is 17.9. The second-order valence-electron chi connectivity index (χ2n) is 3.04. The summed E-state index contributed by atoms with van der Waals surface area (Å²) < 4.78 is 0. The van der Waals surface area contributed by atoms with E-state index >= 15 is 0 Å². The molecule has 1 aromatic carbocycles. The molecule has 0 saturated carbocycles. The Morgan fingerprint density at radius 1 is 1.20 bits per heavy atom. The Labute approximate surface area is 91.1 Å². The molecule has 0 aliphatic heterocycles. The summed E-state index contributed by atoms with van der Waals surface area (Å²) in [4.78, 5) is 21.3. The highest BCUT2D eigenvalue weighted by Crippen LogP contribution is 2.21. The molecule has 0 unspecified atom stereocenters. The molecule has 1 aromatic rings. The Hall–Kier alpha value is -1.55. The maximum atomic E-state index is 10.8. The van der Waals surface area contributed by atoms with Crippen LogP contribution in [-0.2, 0) is 9.59 Å². The zero-order chi connectivity index (χ0) is 11.4. The molecule has 1 atom stereocenters. The molecule has 2 N–H and O–H groups in total. The second-order valence-corrected chi connectivity index (χ2v) is 3.48. The molecular weight excluding hydrogens is 220 g/mol. The fraction of sp³-hybridized carbons (Fsp3) is 0.200. The Kier molecular flexibility index (Phi) is 3.68. The van der Waals surface area contributed by atoms with E-state index < -0.39 is 24.3 Å². The fourth-order valence-electron chi connectivity index (χ4n) is 1.22. The summed E-state index contributed by atoms with van der Waals surface area (Å²) >= 11 is 5.64. The molecule has 0 amide bonds. The minimum Gasteiger partial charge on any atom is -0.481 e. The van der Waals surface area contributed by atoms with E-state index in [-0.39, 0.29) is 0 Å². The van der Waals surface area contributed by atoms with Crippen molar-refractivity contribution in [2.45, 2.75) is 12.3 Å². The molecule has 0 aliphatic rings. The van der Waals surface area contributed by atoms with Crippen LogP contribution in [0.15, 0.2) is 24.3 Å². The van der Waals surface area contributed by atoms with Crippen molar-refractivity contribution in [2.75, 3.05) is 0 Å². The molecule has 1 rings (SSSR count). The summed E-state index contributed by atoms with van der Waals surface area (Å²) in [5.41, 5.74) is 0.439. The second kappa shape index (κ2) is 4.79. The average Bonchev–Trinajstić information content (AvgIpc) is 2.15. The van der Waals surface area contributed by atoms with Gasteiger partial charge in [0.2, 0.25) is 0 Å². The monoisotopic (exact) mass is 228 g/mol. The molecule has 0 heterocycles. The van der Waals surface area contributed by atoms with E-state index in [1.165, 1.54) is 24.3 Å². The number of hydrogen-bond donors (Lipinski definition) is 2. The lowest BCUT2D eigenvalue weighted by Gasteiger charge is -2.09. The lowest BCUT2D eigenvalue weighted by atomic mass is 9.96. The molecule has 0 fully saturated rings. The summed E-state index contributed by atoms with van der Waals surface area (Å²) in [5.74, 6) is -3.32. The smallest absolute Gasteiger partial charge is 0.311 e. The van der Waals surface area contributed by atoms with Crippen LogP contribution in [-0.4, -0.2) is 22.2 Å². The number of benzene rings is 1. The molecule has 0 spiro atoms. The first kappa shape index (κ1) is 11.5. The van der Waals surface area contributed by atoms with Gasteiger partial charge in [-0.1, -0.05) is 23.7 Å². The van der Waals surface area contributed by atoms with Gasteiger partial charge in [-0.05, 0) is 17.7 Å². The highest BCUT2D eigenvalue weighted by molar-refractivity contribution is 6.30. The van der Waals surface area contributed by atoms with Crippen LogP contribution in [0.3, 0.4) is 0 Å². The van der Waals surface area contributed by atoms with Gasteiger partial charge in [0.1, 0.15) is 0 Å². The van der Waals surface area contributed by atoms with Crippen LogP contribution < -0.4 is 0 Å². The van der Waals surface area contributed by atoms with E-state index in [0.29, 0.717) is 10.6 Å². The molecular formula is C10H9ClO4. The van der Waals surface area contributed by atoms with Gasteiger partial charge in [0, 0.05) is 5.02 Å². The normalized spacial score (nSPS) is 12.1. The van der Waals surface area contributed by atoms with Gasteiger partial charge in [-0.25, -0.2) is 0 Å². The molecule has 0 aliphatic carbocycles. The molecule has 80 valence electrons. The van der Waals surface area contributed by atoms with Crippen molar-refractivity contribution in [1.29, 1.82) is 0 Å². The summed E-state index contributed by atoms with van der Waals surface area (Å²) in [6.45, 7) is 0. The summed E-state index contributed by atoms with van der Waals surface area (Å²) in [7, 11) is 0. The lowest BCUT2D eigenvalue weighted by Crippen LogP contribution is -2.15. The molecule has 0 bridgehead atoms. The number of hydrogen-bond acceptors (Lipinski definition) is 2. The molecule has 0 saturated heterocycles. The third-order valence-corrected chi connectivity index (χ3v) is 2.20. The van der Waals surface area contributed by atoms with Gasteiger partial charge in [0.05, 0.1) is 12.3 Å².